The number of likely N-dealkylation sites (tertiary alicyclic amines) is 1. The summed E-state index contributed by atoms with van der Waals surface area (Å²) in [4.78, 5) is 13.0. The normalized spacial score (nSPS) is 16.1. The molecule has 6 nitrogen and oxygen atoms in total. The van der Waals surface area contributed by atoms with Crippen LogP contribution in [0.25, 0.3) is 0 Å². The molecule has 1 aromatic carbocycles. The van der Waals surface area contributed by atoms with E-state index in [1.54, 1.807) is 4.68 Å². The van der Waals surface area contributed by atoms with E-state index in [0.29, 0.717) is 0 Å². The molecule has 0 unspecified atom stereocenters. The minimum absolute atomic E-state index is 0.0128. The molecule has 1 fully saturated rings. The Balaban J connectivity index is 1.55. The zero-order valence-corrected chi connectivity index (χ0v) is 11.4. The van der Waals surface area contributed by atoms with Crippen LogP contribution in [-0.4, -0.2) is 44.1 Å². The van der Waals surface area contributed by atoms with Gasteiger partial charge in [0.2, 0.25) is 0 Å². The van der Waals surface area contributed by atoms with E-state index in [0.717, 1.165) is 24.7 Å². The molecular weight excluding hydrogens is 280 g/mol. The van der Waals surface area contributed by atoms with Gasteiger partial charge in [-0.2, -0.15) is 0 Å². The largest absolute Gasteiger partial charge is 0.476 e. The van der Waals surface area contributed by atoms with Gasteiger partial charge in [0.05, 0.1) is 12.2 Å². The van der Waals surface area contributed by atoms with Gasteiger partial charge in [0.1, 0.15) is 0 Å². The van der Waals surface area contributed by atoms with Crippen LogP contribution in [0, 0.1) is 0 Å². The van der Waals surface area contributed by atoms with Gasteiger partial charge in [0, 0.05) is 24.7 Å². The predicted octanol–water partition coefficient (Wildman–Crippen LogP) is 1.69. The Labute approximate surface area is 120 Å². The number of carbonyl (C=O) groups is 1. The average molecular weight is 293 g/mol. The average Bonchev–Trinajstić information content (AvgIpc) is 2.85. The van der Waals surface area contributed by atoms with E-state index in [2.05, 4.69) is 15.2 Å². The molecule has 0 aliphatic carbocycles. The summed E-state index contributed by atoms with van der Waals surface area (Å²) in [5.74, 6) is -1.05. The second kappa shape index (κ2) is 5.22. The summed E-state index contributed by atoms with van der Waals surface area (Å²) in [6.07, 6.45) is 1.48. The number of aromatic nitrogens is 3. The maximum atomic E-state index is 10.7. The Bertz CT molecular complexity index is 620. The monoisotopic (exact) mass is 292 g/mol. The second-order valence-corrected chi connectivity index (χ2v) is 5.30. The van der Waals surface area contributed by atoms with Crippen LogP contribution in [0.5, 0.6) is 0 Å². The first-order chi connectivity index (χ1) is 9.61. The van der Waals surface area contributed by atoms with Gasteiger partial charge in [-0.1, -0.05) is 28.9 Å². The van der Waals surface area contributed by atoms with Crippen LogP contribution < -0.4 is 0 Å². The van der Waals surface area contributed by atoms with Crippen molar-refractivity contribution in [2.24, 2.45) is 0 Å². The number of hydrogen-bond donors (Lipinski definition) is 1. The first-order valence-electron chi connectivity index (χ1n) is 6.24. The van der Waals surface area contributed by atoms with Crippen molar-refractivity contribution in [1.82, 2.24) is 19.9 Å². The third-order valence-electron chi connectivity index (χ3n) is 3.36. The van der Waals surface area contributed by atoms with Gasteiger partial charge < -0.3 is 5.11 Å². The highest BCUT2D eigenvalue weighted by molar-refractivity contribution is 6.30. The van der Waals surface area contributed by atoms with Gasteiger partial charge in [-0.15, -0.1) is 5.10 Å². The molecule has 0 amide bonds. The fourth-order valence-corrected chi connectivity index (χ4v) is 2.37. The van der Waals surface area contributed by atoms with Crippen LogP contribution >= 0.6 is 11.6 Å². The Kier molecular flexibility index (Phi) is 3.42. The number of aromatic carboxylic acids is 1. The smallest absolute Gasteiger partial charge is 0.358 e. The van der Waals surface area contributed by atoms with Crippen molar-refractivity contribution in [3.63, 3.8) is 0 Å². The highest BCUT2D eigenvalue weighted by Crippen LogP contribution is 2.23. The van der Waals surface area contributed by atoms with E-state index >= 15 is 0 Å². The van der Waals surface area contributed by atoms with E-state index in [-0.39, 0.29) is 11.7 Å². The molecular formula is C13H13ClN4O2. The molecule has 1 aromatic heterocycles. The van der Waals surface area contributed by atoms with Crippen molar-refractivity contribution in [2.75, 3.05) is 13.1 Å². The summed E-state index contributed by atoms with van der Waals surface area (Å²) in [6.45, 7) is 2.53. The van der Waals surface area contributed by atoms with Crippen LogP contribution in [0.15, 0.2) is 30.5 Å². The summed E-state index contributed by atoms with van der Waals surface area (Å²) in [6, 6.07) is 7.97. The number of hydrogen-bond acceptors (Lipinski definition) is 4. The molecule has 1 aliphatic heterocycles. The first kappa shape index (κ1) is 13.1. The minimum Gasteiger partial charge on any atom is -0.476 e. The van der Waals surface area contributed by atoms with E-state index in [1.165, 1.54) is 11.8 Å². The summed E-state index contributed by atoms with van der Waals surface area (Å²) in [7, 11) is 0. The van der Waals surface area contributed by atoms with Gasteiger partial charge in [-0.25, -0.2) is 9.48 Å². The number of benzene rings is 1. The molecule has 0 saturated carbocycles. The molecule has 20 heavy (non-hydrogen) atoms. The van der Waals surface area contributed by atoms with Gasteiger partial charge >= 0.3 is 5.97 Å². The Morgan fingerprint density at radius 1 is 1.35 bits per heavy atom. The Morgan fingerprint density at radius 2 is 2.05 bits per heavy atom. The third-order valence-corrected chi connectivity index (χ3v) is 3.61. The van der Waals surface area contributed by atoms with E-state index in [1.807, 2.05) is 24.3 Å². The van der Waals surface area contributed by atoms with Crippen molar-refractivity contribution >= 4 is 17.6 Å². The molecule has 0 spiro atoms. The molecule has 7 heteroatoms. The minimum atomic E-state index is -1.05. The van der Waals surface area contributed by atoms with E-state index in [4.69, 9.17) is 16.7 Å². The molecule has 1 saturated heterocycles. The van der Waals surface area contributed by atoms with Crippen LogP contribution in [0.4, 0.5) is 0 Å². The van der Waals surface area contributed by atoms with Crippen molar-refractivity contribution in [1.29, 1.82) is 0 Å². The molecule has 1 aliphatic rings. The highest BCUT2D eigenvalue weighted by atomic mass is 35.5. The number of rotatable bonds is 4. The molecule has 0 radical (unpaired) electrons. The van der Waals surface area contributed by atoms with Gasteiger partial charge in [-0.05, 0) is 17.7 Å². The van der Waals surface area contributed by atoms with Crippen LogP contribution in [0.3, 0.4) is 0 Å². The van der Waals surface area contributed by atoms with Gasteiger partial charge in [0.15, 0.2) is 5.69 Å². The zero-order valence-electron chi connectivity index (χ0n) is 10.6. The molecule has 0 bridgehead atoms. The van der Waals surface area contributed by atoms with E-state index in [9.17, 15) is 4.79 Å². The Hall–Kier alpha value is -1.92. The molecule has 2 heterocycles. The fraction of sp³-hybridized carbons (Fsp3) is 0.308. The summed E-state index contributed by atoms with van der Waals surface area (Å²) in [5.41, 5.74) is 1.19. The van der Waals surface area contributed by atoms with Crippen molar-refractivity contribution in [3.8, 4) is 0 Å². The molecule has 0 atom stereocenters. The van der Waals surface area contributed by atoms with Crippen molar-refractivity contribution in [2.45, 2.75) is 12.6 Å². The zero-order chi connectivity index (χ0) is 14.1. The van der Waals surface area contributed by atoms with Crippen LogP contribution in [-0.2, 0) is 6.54 Å². The number of carboxylic acids is 1. The van der Waals surface area contributed by atoms with E-state index < -0.39 is 5.97 Å². The van der Waals surface area contributed by atoms with Gasteiger partial charge in [-0.3, -0.25) is 4.90 Å². The second-order valence-electron chi connectivity index (χ2n) is 4.86. The highest BCUT2D eigenvalue weighted by Gasteiger charge is 2.29. The number of carboxylic acid groups (broad SMARTS) is 1. The predicted molar refractivity (Wildman–Crippen MR) is 72.7 cm³/mol. The van der Waals surface area contributed by atoms with Crippen molar-refractivity contribution < 1.29 is 9.90 Å². The lowest BCUT2D eigenvalue weighted by Gasteiger charge is -2.38. The maximum absolute atomic E-state index is 10.7. The Morgan fingerprint density at radius 3 is 2.65 bits per heavy atom. The molecule has 104 valence electrons. The van der Waals surface area contributed by atoms with Crippen LogP contribution in [0.1, 0.15) is 22.1 Å². The first-order valence-corrected chi connectivity index (χ1v) is 6.61. The topological polar surface area (TPSA) is 71.2 Å². The lowest BCUT2D eigenvalue weighted by atomic mass is 10.1. The lowest BCUT2D eigenvalue weighted by molar-refractivity contribution is 0.0690. The van der Waals surface area contributed by atoms with Gasteiger partial charge in [0.25, 0.3) is 0 Å². The standard InChI is InChI=1S/C13H13ClN4O2/c14-10-3-1-9(2-4-10)5-17-6-11(7-17)18-8-12(13(19)20)15-16-18/h1-4,8,11H,5-7H2,(H,19,20). The lowest BCUT2D eigenvalue weighted by Crippen LogP contribution is -2.47. The SMILES string of the molecule is O=C(O)c1cn(C2CN(Cc3ccc(Cl)cc3)C2)nn1. The fourth-order valence-electron chi connectivity index (χ4n) is 2.24. The number of nitrogens with zero attached hydrogens (tertiary/aromatic N) is 4. The number of halogens is 1. The molecule has 3 rings (SSSR count). The van der Waals surface area contributed by atoms with Crippen molar-refractivity contribution in [3.05, 3.63) is 46.7 Å². The summed E-state index contributed by atoms with van der Waals surface area (Å²) >= 11 is 5.85. The van der Waals surface area contributed by atoms with Crippen LogP contribution in [0.2, 0.25) is 5.02 Å². The third kappa shape index (κ3) is 2.66. The summed E-state index contributed by atoms with van der Waals surface area (Å²) in [5, 5.41) is 17.0. The molecule has 1 N–H and O–H groups in total. The quantitative estimate of drug-likeness (QED) is 0.928. The summed E-state index contributed by atoms with van der Waals surface area (Å²) < 4.78 is 1.63. The molecule has 2 aromatic rings. The maximum Gasteiger partial charge on any atom is 0.358 e.